The summed E-state index contributed by atoms with van der Waals surface area (Å²) < 4.78 is 13.1. The fraction of sp³-hybridized carbons (Fsp3) is 0.600. The van der Waals surface area contributed by atoms with Gasteiger partial charge in [-0.2, -0.15) is 0 Å². The quantitative estimate of drug-likeness (QED) is 0.728. The second-order valence-electron chi connectivity index (χ2n) is 7.65. The van der Waals surface area contributed by atoms with E-state index in [9.17, 15) is 4.79 Å². The Morgan fingerprint density at radius 1 is 1.36 bits per heavy atom. The number of carbonyl (C=O) groups excluding carboxylic acids is 1. The Labute approximate surface area is 165 Å². The molecule has 0 bridgehead atoms. The number of nitrogens with two attached hydrogens (primary N) is 1. The number of esters is 1. The first-order valence-electron chi connectivity index (χ1n) is 9.80. The third-order valence-electron chi connectivity index (χ3n) is 5.03. The van der Waals surface area contributed by atoms with Crippen LogP contribution in [0.3, 0.4) is 0 Å². The van der Waals surface area contributed by atoms with Crippen LogP contribution in [-0.2, 0) is 23.1 Å². The zero-order valence-electron chi connectivity index (χ0n) is 17.0. The molecule has 0 aliphatic heterocycles. The molecule has 1 aliphatic rings. The van der Waals surface area contributed by atoms with Gasteiger partial charge in [0.15, 0.2) is 0 Å². The molecule has 2 N–H and O–H groups in total. The summed E-state index contributed by atoms with van der Waals surface area (Å²) >= 11 is 0. The van der Waals surface area contributed by atoms with Gasteiger partial charge >= 0.3 is 5.97 Å². The Bertz CT molecular complexity index is 833. The predicted molar refractivity (Wildman–Crippen MR) is 104 cm³/mol. The van der Waals surface area contributed by atoms with Crippen LogP contribution in [-0.4, -0.2) is 38.2 Å². The number of nitrogens with zero attached hydrogens (tertiary/aromatic N) is 4. The molecular formula is C20H29N5O3. The lowest BCUT2D eigenvalue weighted by Gasteiger charge is -2.16. The molecule has 8 nitrogen and oxygen atoms in total. The molecule has 0 radical (unpaired) electrons. The van der Waals surface area contributed by atoms with Gasteiger partial charge in [0.1, 0.15) is 11.4 Å². The molecule has 1 aliphatic carbocycles. The molecule has 0 spiro atoms. The lowest BCUT2D eigenvalue weighted by Crippen LogP contribution is -2.16. The predicted octanol–water partition coefficient (Wildman–Crippen LogP) is 2.53. The first-order valence-corrected chi connectivity index (χ1v) is 9.80. The fourth-order valence-corrected chi connectivity index (χ4v) is 3.66. The minimum Gasteiger partial charge on any atom is -0.489 e. The van der Waals surface area contributed by atoms with Crippen molar-refractivity contribution in [3.8, 4) is 17.1 Å². The standard InChI is InChI=1S/C20H29N5O3/c1-12(2)27-19(26)10-14-5-6-15(9-14)28-18-8-7-16(22-13(18)3)20-17(11-21)25(4)24-23-20/h7-8,12,14-15H,5-6,9-11,21H2,1-4H3/t14-,15-/m0/s1. The summed E-state index contributed by atoms with van der Waals surface area (Å²) in [5.41, 5.74) is 8.87. The van der Waals surface area contributed by atoms with Crippen molar-refractivity contribution in [1.82, 2.24) is 20.0 Å². The monoisotopic (exact) mass is 387 g/mol. The second-order valence-corrected chi connectivity index (χ2v) is 7.65. The van der Waals surface area contributed by atoms with E-state index < -0.39 is 0 Å². The Kier molecular flexibility index (Phi) is 6.28. The number of hydrogen-bond donors (Lipinski definition) is 1. The van der Waals surface area contributed by atoms with Crippen molar-refractivity contribution < 1.29 is 14.3 Å². The van der Waals surface area contributed by atoms with E-state index >= 15 is 0 Å². The Morgan fingerprint density at radius 3 is 2.82 bits per heavy atom. The smallest absolute Gasteiger partial charge is 0.306 e. The average Bonchev–Trinajstić information content (AvgIpc) is 3.22. The van der Waals surface area contributed by atoms with Crippen molar-refractivity contribution in [2.75, 3.05) is 0 Å². The van der Waals surface area contributed by atoms with Crippen molar-refractivity contribution in [2.24, 2.45) is 18.7 Å². The zero-order valence-corrected chi connectivity index (χ0v) is 17.0. The van der Waals surface area contributed by atoms with Crippen LogP contribution >= 0.6 is 0 Å². The van der Waals surface area contributed by atoms with Crippen molar-refractivity contribution in [1.29, 1.82) is 0 Å². The maximum atomic E-state index is 11.9. The summed E-state index contributed by atoms with van der Waals surface area (Å²) in [6.45, 7) is 6.01. The third-order valence-corrected chi connectivity index (χ3v) is 5.03. The van der Waals surface area contributed by atoms with Crippen LogP contribution in [0.2, 0.25) is 0 Å². The fourth-order valence-electron chi connectivity index (χ4n) is 3.66. The van der Waals surface area contributed by atoms with Gasteiger partial charge in [-0.15, -0.1) is 5.10 Å². The molecule has 2 aromatic heterocycles. The van der Waals surface area contributed by atoms with E-state index in [4.69, 9.17) is 15.2 Å². The van der Waals surface area contributed by atoms with Crippen LogP contribution < -0.4 is 10.5 Å². The summed E-state index contributed by atoms with van der Waals surface area (Å²) in [5, 5.41) is 8.20. The molecule has 1 fully saturated rings. The third kappa shape index (κ3) is 4.67. The molecule has 2 aromatic rings. The molecule has 8 heteroatoms. The first kappa shape index (κ1) is 20.3. The lowest BCUT2D eigenvalue weighted by molar-refractivity contribution is -0.148. The van der Waals surface area contributed by atoms with E-state index in [0.29, 0.717) is 24.6 Å². The molecule has 0 aromatic carbocycles. The van der Waals surface area contributed by atoms with Crippen LogP contribution in [0.1, 0.15) is 50.9 Å². The van der Waals surface area contributed by atoms with Crippen LogP contribution in [0.15, 0.2) is 12.1 Å². The molecule has 1 saturated carbocycles. The molecule has 2 atom stereocenters. The highest BCUT2D eigenvalue weighted by atomic mass is 16.5. The second kappa shape index (κ2) is 8.68. The molecule has 3 rings (SSSR count). The first-order chi connectivity index (χ1) is 13.4. The van der Waals surface area contributed by atoms with Crippen LogP contribution in [0.5, 0.6) is 5.75 Å². The average molecular weight is 387 g/mol. The number of pyridine rings is 1. The van der Waals surface area contributed by atoms with Gasteiger partial charge in [0, 0.05) is 20.0 Å². The minimum atomic E-state index is -0.123. The Morgan fingerprint density at radius 2 is 2.14 bits per heavy atom. The van der Waals surface area contributed by atoms with Crippen LogP contribution in [0, 0.1) is 12.8 Å². The zero-order chi connectivity index (χ0) is 20.3. The number of ether oxygens (including phenoxy) is 2. The number of rotatable bonds is 7. The van der Waals surface area contributed by atoms with Crippen molar-refractivity contribution in [3.63, 3.8) is 0 Å². The highest BCUT2D eigenvalue weighted by Crippen LogP contribution is 2.33. The van der Waals surface area contributed by atoms with E-state index in [0.717, 1.165) is 42.1 Å². The van der Waals surface area contributed by atoms with E-state index in [1.165, 1.54) is 0 Å². The van der Waals surface area contributed by atoms with E-state index in [1.807, 2.05) is 40.0 Å². The molecule has 0 unspecified atom stereocenters. The van der Waals surface area contributed by atoms with E-state index in [-0.39, 0.29) is 18.2 Å². The van der Waals surface area contributed by atoms with Crippen molar-refractivity contribution in [3.05, 3.63) is 23.5 Å². The van der Waals surface area contributed by atoms with Gasteiger partial charge in [0.05, 0.1) is 29.3 Å². The number of aromatic nitrogens is 4. The van der Waals surface area contributed by atoms with Gasteiger partial charge in [-0.05, 0) is 58.1 Å². The molecule has 0 saturated heterocycles. The van der Waals surface area contributed by atoms with Gasteiger partial charge in [0.25, 0.3) is 0 Å². The Balaban J connectivity index is 1.62. The van der Waals surface area contributed by atoms with Gasteiger partial charge in [0.2, 0.25) is 0 Å². The normalized spacial score (nSPS) is 19.2. The van der Waals surface area contributed by atoms with Crippen LogP contribution in [0.25, 0.3) is 11.4 Å². The topological polar surface area (TPSA) is 105 Å². The van der Waals surface area contributed by atoms with Gasteiger partial charge in [-0.3, -0.25) is 9.48 Å². The summed E-state index contributed by atoms with van der Waals surface area (Å²) in [5.74, 6) is 0.954. The van der Waals surface area contributed by atoms with Crippen molar-refractivity contribution >= 4 is 5.97 Å². The van der Waals surface area contributed by atoms with E-state index in [2.05, 4.69) is 15.3 Å². The Hall–Kier alpha value is -2.48. The molecular weight excluding hydrogens is 358 g/mol. The summed E-state index contributed by atoms with van der Waals surface area (Å²) in [7, 11) is 1.82. The lowest BCUT2D eigenvalue weighted by atomic mass is 10.0. The molecule has 0 amide bonds. The van der Waals surface area contributed by atoms with E-state index in [1.54, 1.807) is 4.68 Å². The van der Waals surface area contributed by atoms with Gasteiger partial charge in [-0.1, -0.05) is 5.21 Å². The SMILES string of the molecule is Cc1nc(-c2nnn(C)c2CN)ccc1O[C@H]1CC[C@H](CC(=O)OC(C)C)C1. The summed E-state index contributed by atoms with van der Waals surface area (Å²) in [6.07, 6.45) is 3.25. The minimum absolute atomic E-state index is 0.0673. The number of carbonyl (C=O) groups is 1. The van der Waals surface area contributed by atoms with Gasteiger partial charge < -0.3 is 15.2 Å². The van der Waals surface area contributed by atoms with Gasteiger partial charge in [-0.25, -0.2) is 4.98 Å². The summed E-state index contributed by atoms with van der Waals surface area (Å²) in [4.78, 5) is 16.5. The maximum Gasteiger partial charge on any atom is 0.306 e. The van der Waals surface area contributed by atoms with Crippen LogP contribution in [0.4, 0.5) is 0 Å². The highest BCUT2D eigenvalue weighted by molar-refractivity contribution is 5.69. The maximum absolute atomic E-state index is 11.9. The summed E-state index contributed by atoms with van der Waals surface area (Å²) in [6, 6.07) is 3.81. The molecule has 2 heterocycles. The largest absolute Gasteiger partial charge is 0.489 e. The highest BCUT2D eigenvalue weighted by Gasteiger charge is 2.29. The number of hydrogen-bond acceptors (Lipinski definition) is 7. The number of aryl methyl sites for hydroxylation is 2. The molecule has 152 valence electrons. The molecule has 28 heavy (non-hydrogen) atoms. The van der Waals surface area contributed by atoms with Crippen molar-refractivity contribution in [2.45, 2.75) is 65.2 Å².